The molecule has 11 nitrogen and oxygen atoms in total. The van der Waals surface area contributed by atoms with Crippen molar-refractivity contribution in [2.24, 2.45) is 0 Å². The molecular formula is C23H32N4O7. The average Bonchev–Trinajstić information content (AvgIpc) is 3.36. The highest BCUT2D eigenvalue weighted by molar-refractivity contribution is 5.88. The molecule has 2 aliphatic rings. The molecule has 186 valence electrons. The van der Waals surface area contributed by atoms with E-state index < -0.39 is 47.4 Å². The molecule has 4 heterocycles. The first kappa shape index (κ1) is 24.4. The molecule has 1 N–H and O–H groups in total. The molecule has 1 amide bonds. The van der Waals surface area contributed by atoms with Crippen LogP contribution in [0.1, 0.15) is 66.7 Å². The Bertz CT molecular complexity index is 1090. The molecule has 0 radical (unpaired) electrons. The first-order chi connectivity index (χ1) is 15.8. The lowest BCUT2D eigenvalue weighted by atomic mass is 9.92. The lowest BCUT2D eigenvalue weighted by Gasteiger charge is -2.33. The first-order valence-corrected chi connectivity index (χ1v) is 11.3. The average molecular weight is 477 g/mol. The summed E-state index contributed by atoms with van der Waals surface area (Å²) in [5.74, 6) is -0.927. The van der Waals surface area contributed by atoms with Crippen LogP contribution in [0.2, 0.25) is 0 Å². The van der Waals surface area contributed by atoms with E-state index in [1.165, 1.54) is 13.3 Å². The topological polar surface area (TPSA) is 123 Å². The minimum atomic E-state index is -0.885. The zero-order chi connectivity index (χ0) is 24.9. The fourth-order valence-electron chi connectivity index (χ4n) is 4.43. The fraction of sp³-hybridized carbons (Fsp3) is 0.652. The van der Waals surface area contributed by atoms with Crippen molar-refractivity contribution >= 4 is 23.4 Å². The van der Waals surface area contributed by atoms with Crippen LogP contribution in [0.3, 0.4) is 0 Å². The van der Waals surface area contributed by atoms with Gasteiger partial charge in [0, 0.05) is 6.92 Å². The van der Waals surface area contributed by atoms with Crippen LogP contribution in [0.25, 0.3) is 5.52 Å². The Morgan fingerprint density at radius 1 is 1.21 bits per heavy atom. The van der Waals surface area contributed by atoms with Gasteiger partial charge in [-0.2, -0.15) is 5.10 Å². The summed E-state index contributed by atoms with van der Waals surface area (Å²) in [7, 11) is 0. The van der Waals surface area contributed by atoms with Gasteiger partial charge in [-0.1, -0.05) is 6.92 Å². The molecule has 2 aliphatic heterocycles. The molecule has 4 atom stereocenters. The van der Waals surface area contributed by atoms with Gasteiger partial charge in [0.25, 0.3) is 0 Å². The quantitative estimate of drug-likeness (QED) is 0.647. The van der Waals surface area contributed by atoms with Crippen LogP contribution in [0.4, 0.5) is 10.6 Å². The third-order valence-electron chi connectivity index (χ3n) is 5.82. The Kier molecular flexibility index (Phi) is 6.07. The molecular weight excluding hydrogens is 444 g/mol. The number of anilines is 1. The zero-order valence-corrected chi connectivity index (χ0v) is 20.6. The second-order valence-corrected chi connectivity index (χ2v) is 10.0. The minimum Gasteiger partial charge on any atom is -0.463 e. The summed E-state index contributed by atoms with van der Waals surface area (Å²) in [6, 6.07) is 3.64. The summed E-state index contributed by atoms with van der Waals surface area (Å²) >= 11 is 0. The number of carbonyl (C=O) groups excluding carboxylic acids is 2. The fourth-order valence-corrected chi connectivity index (χ4v) is 4.43. The van der Waals surface area contributed by atoms with E-state index in [9.17, 15) is 9.59 Å². The summed E-state index contributed by atoms with van der Waals surface area (Å²) < 4.78 is 31.3. The number of nitrogens with zero attached hydrogens (tertiary/aromatic N) is 3. The van der Waals surface area contributed by atoms with Crippen molar-refractivity contribution < 1.29 is 33.3 Å². The van der Waals surface area contributed by atoms with E-state index in [1.54, 1.807) is 31.4 Å². The van der Waals surface area contributed by atoms with E-state index in [1.807, 2.05) is 26.8 Å². The van der Waals surface area contributed by atoms with Gasteiger partial charge in [0.15, 0.2) is 11.6 Å². The van der Waals surface area contributed by atoms with Crippen molar-refractivity contribution in [1.82, 2.24) is 14.6 Å². The Hall–Kier alpha value is -2.76. The van der Waals surface area contributed by atoms with Gasteiger partial charge in [0.05, 0.1) is 5.69 Å². The molecule has 0 aromatic carbocycles. The van der Waals surface area contributed by atoms with Crippen LogP contribution >= 0.6 is 0 Å². The Balaban J connectivity index is 1.68. The van der Waals surface area contributed by atoms with Crippen LogP contribution < -0.4 is 5.32 Å². The standard InChI is InChI=1S/C23H32N4O7/c1-8-23(11-30-13(2)28)18-17(31-22(6,7)33-18)16(32-23)14-9-10-15-19(24-12-25-27(14)15)26-20(29)34-21(3,4)5/h9-10,12,16-18H,8,11H2,1-7H3,(H,24,25,26,29)/t16-,17-,18-,23+/m0/s1. The minimum absolute atomic E-state index is 0.0414. The molecule has 0 bridgehead atoms. The molecule has 0 unspecified atom stereocenters. The van der Waals surface area contributed by atoms with Crippen molar-refractivity contribution in [2.45, 2.75) is 90.2 Å². The largest absolute Gasteiger partial charge is 0.463 e. The second-order valence-electron chi connectivity index (χ2n) is 10.0. The van der Waals surface area contributed by atoms with Gasteiger partial charge in [0.2, 0.25) is 0 Å². The van der Waals surface area contributed by atoms with Gasteiger partial charge in [-0.25, -0.2) is 14.3 Å². The van der Waals surface area contributed by atoms with Crippen LogP contribution in [-0.4, -0.2) is 62.5 Å². The number of nitrogens with one attached hydrogen (secondary N) is 1. The summed E-state index contributed by atoms with van der Waals surface area (Å²) in [6.07, 6.45) is -0.203. The third kappa shape index (κ3) is 4.59. The predicted octanol–water partition coefficient (Wildman–Crippen LogP) is 3.38. The number of rotatable bonds is 5. The Morgan fingerprint density at radius 2 is 1.94 bits per heavy atom. The summed E-state index contributed by atoms with van der Waals surface area (Å²) in [4.78, 5) is 28.1. The molecule has 34 heavy (non-hydrogen) atoms. The van der Waals surface area contributed by atoms with Crippen molar-refractivity contribution in [3.05, 3.63) is 24.2 Å². The number of ether oxygens (including phenoxy) is 5. The normalized spacial score (nSPS) is 28.0. The molecule has 0 spiro atoms. The molecule has 0 saturated carbocycles. The Morgan fingerprint density at radius 3 is 2.59 bits per heavy atom. The van der Waals surface area contributed by atoms with E-state index in [0.29, 0.717) is 23.4 Å². The van der Waals surface area contributed by atoms with E-state index in [4.69, 9.17) is 23.7 Å². The number of carbonyl (C=O) groups is 2. The second kappa shape index (κ2) is 8.47. The number of fused-ring (bicyclic) bond motifs is 2. The lowest BCUT2D eigenvalue weighted by molar-refractivity contribution is -0.221. The molecule has 2 aromatic heterocycles. The number of esters is 1. The van der Waals surface area contributed by atoms with Gasteiger partial charge in [-0.15, -0.1) is 0 Å². The number of amides is 1. The SMILES string of the molecule is CC[C@]1(COC(C)=O)O[C@@H](c2ccc3c(NC(=O)OC(C)(C)C)ncnn23)[C@@H]2OC(C)(C)O[C@@H]21. The van der Waals surface area contributed by atoms with E-state index >= 15 is 0 Å². The maximum atomic E-state index is 12.3. The maximum absolute atomic E-state index is 12.3. The van der Waals surface area contributed by atoms with Crippen molar-refractivity contribution in [3.8, 4) is 0 Å². The van der Waals surface area contributed by atoms with Crippen molar-refractivity contribution in [2.75, 3.05) is 11.9 Å². The Labute approximate surface area is 198 Å². The van der Waals surface area contributed by atoms with Gasteiger partial charge in [0.1, 0.15) is 48.0 Å². The van der Waals surface area contributed by atoms with Gasteiger partial charge < -0.3 is 23.7 Å². The smallest absolute Gasteiger partial charge is 0.413 e. The van der Waals surface area contributed by atoms with E-state index in [-0.39, 0.29) is 6.61 Å². The highest BCUT2D eigenvalue weighted by Crippen LogP contribution is 2.51. The van der Waals surface area contributed by atoms with E-state index in [2.05, 4.69) is 15.4 Å². The molecule has 11 heteroatoms. The summed E-state index contributed by atoms with van der Waals surface area (Å²) in [5.41, 5.74) is -0.274. The molecule has 2 saturated heterocycles. The lowest BCUT2D eigenvalue weighted by Crippen LogP contribution is -2.47. The van der Waals surface area contributed by atoms with Crippen LogP contribution in [0.5, 0.6) is 0 Å². The van der Waals surface area contributed by atoms with Crippen LogP contribution in [0, 0.1) is 0 Å². The van der Waals surface area contributed by atoms with Gasteiger partial charge in [-0.3, -0.25) is 10.1 Å². The molecule has 2 fully saturated rings. The summed E-state index contributed by atoms with van der Waals surface area (Å²) in [6.45, 7) is 12.4. The third-order valence-corrected chi connectivity index (χ3v) is 5.82. The first-order valence-electron chi connectivity index (χ1n) is 11.3. The van der Waals surface area contributed by atoms with Crippen molar-refractivity contribution in [3.63, 3.8) is 0 Å². The predicted molar refractivity (Wildman–Crippen MR) is 120 cm³/mol. The summed E-state index contributed by atoms with van der Waals surface area (Å²) in [5, 5.41) is 7.06. The van der Waals surface area contributed by atoms with Gasteiger partial charge in [-0.05, 0) is 53.2 Å². The molecule has 4 rings (SSSR count). The number of hydrogen-bond acceptors (Lipinski definition) is 9. The van der Waals surface area contributed by atoms with Crippen LogP contribution in [-0.2, 0) is 28.5 Å². The van der Waals surface area contributed by atoms with Gasteiger partial charge >= 0.3 is 12.1 Å². The van der Waals surface area contributed by atoms with Crippen molar-refractivity contribution in [1.29, 1.82) is 0 Å². The van der Waals surface area contributed by atoms with E-state index in [0.717, 1.165) is 0 Å². The maximum Gasteiger partial charge on any atom is 0.413 e. The van der Waals surface area contributed by atoms with Crippen LogP contribution in [0.15, 0.2) is 18.5 Å². The number of aromatic nitrogens is 3. The monoisotopic (exact) mass is 476 g/mol. The molecule has 2 aromatic rings. The molecule has 0 aliphatic carbocycles. The highest BCUT2D eigenvalue weighted by atomic mass is 16.8. The zero-order valence-electron chi connectivity index (χ0n) is 20.6. The highest BCUT2D eigenvalue weighted by Gasteiger charge is 2.63. The number of hydrogen-bond donors (Lipinski definition) is 1.